The molecule has 1 rings (SSSR count). The Morgan fingerprint density at radius 2 is 2.15 bits per heavy atom. The van der Waals surface area contributed by atoms with E-state index in [1.165, 1.54) is 10.6 Å². The van der Waals surface area contributed by atoms with E-state index in [1.54, 1.807) is 12.3 Å². The Hall–Kier alpha value is -1.58. The van der Waals surface area contributed by atoms with Crippen LogP contribution in [0.5, 0.6) is 0 Å². The average Bonchev–Trinajstić information content (AvgIpc) is 2.03. The van der Waals surface area contributed by atoms with E-state index in [0.29, 0.717) is 0 Å². The SMILES string of the molecule is CC(C)n1ccc(C(N)=O)cc1=O. The van der Waals surface area contributed by atoms with Gasteiger partial charge in [-0.1, -0.05) is 0 Å². The molecule has 4 heteroatoms. The lowest BCUT2D eigenvalue weighted by Crippen LogP contribution is -2.23. The molecular formula is C9H12N2O2. The van der Waals surface area contributed by atoms with Crippen molar-refractivity contribution >= 4 is 5.91 Å². The van der Waals surface area contributed by atoms with Gasteiger partial charge in [0.15, 0.2) is 0 Å². The Balaban J connectivity index is 3.21. The molecule has 70 valence electrons. The summed E-state index contributed by atoms with van der Waals surface area (Å²) in [5.41, 5.74) is 5.07. The topological polar surface area (TPSA) is 65.1 Å². The van der Waals surface area contributed by atoms with Gasteiger partial charge in [-0.05, 0) is 19.9 Å². The van der Waals surface area contributed by atoms with Gasteiger partial charge in [0, 0.05) is 23.9 Å². The number of pyridine rings is 1. The van der Waals surface area contributed by atoms with Crippen molar-refractivity contribution < 1.29 is 4.79 Å². The van der Waals surface area contributed by atoms with Gasteiger partial charge in [-0.2, -0.15) is 0 Å². The predicted molar refractivity (Wildman–Crippen MR) is 49.6 cm³/mol. The molecule has 0 bridgehead atoms. The Labute approximate surface area is 76.0 Å². The summed E-state index contributed by atoms with van der Waals surface area (Å²) in [7, 11) is 0. The fourth-order valence-electron chi connectivity index (χ4n) is 1.07. The molecule has 0 radical (unpaired) electrons. The monoisotopic (exact) mass is 180 g/mol. The first kappa shape index (κ1) is 9.51. The Morgan fingerprint density at radius 1 is 1.54 bits per heavy atom. The molecule has 0 fully saturated rings. The molecule has 0 saturated heterocycles. The van der Waals surface area contributed by atoms with Crippen molar-refractivity contribution in [2.45, 2.75) is 19.9 Å². The lowest BCUT2D eigenvalue weighted by molar-refractivity contribution is 0.1000. The zero-order valence-electron chi connectivity index (χ0n) is 7.65. The molecule has 0 spiro atoms. The first-order valence-corrected chi connectivity index (χ1v) is 4.04. The number of carbonyl (C=O) groups is 1. The second kappa shape index (κ2) is 3.43. The second-order valence-corrected chi connectivity index (χ2v) is 3.12. The lowest BCUT2D eigenvalue weighted by Gasteiger charge is -2.08. The number of rotatable bonds is 2. The number of nitrogens with zero attached hydrogens (tertiary/aromatic N) is 1. The molecular weight excluding hydrogens is 168 g/mol. The summed E-state index contributed by atoms with van der Waals surface area (Å²) in [6, 6.07) is 2.89. The van der Waals surface area contributed by atoms with Gasteiger partial charge in [0.25, 0.3) is 5.56 Å². The third kappa shape index (κ3) is 1.96. The minimum atomic E-state index is -0.576. The van der Waals surface area contributed by atoms with Crippen LogP contribution in [0.4, 0.5) is 0 Å². The van der Waals surface area contributed by atoms with Crippen molar-refractivity contribution in [1.82, 2.24) is 4.57 Å². The van der Waals surface area contributed by atoms with Crippen LogP contribution < -0.4 is 11.3 Å². The molecule has 0 aliphatic rings. The maximum atomic E-state index is 11.3. The Kier molecular flexibility index (Phi) is 2.51. The number of primary amides is 1. The van der Waals surface area contributed by atoms with Gasteiger partial charge in [-0.15, -0.1) is 0 Å². The highest BCUT2D eigenvalue weighted by Gasteiger charge is 2.04. The number of hydrogen-bond acceptors (Lipinski definition) is 2. The minimum Gasteiger partial charge on any atom is -0.366 e. The maximum absolute atomic E-state index is 11.3. The van der Waals surface area contributed by atoms with Crippen molar-refractivity contribution in [3.8, 4) is 0 Å². The van der Waals surface area contributed by atoms with Crippen LogP contribution in [0.1, 0.15) is 30.2 Å². The van der Waals surface area contributed by atoms with Gasteiger partial charge in [0.2, 0.25) is 5.91 Å². The molecule has 0 aliphatic carbocycles. The number of aromatic nitrogens is 1. The summed E-state index contributed by atoms with van der Waals surface area (Å²) in [5.74, 6) is -0.576. The zero-order valence-corrected chi connectivity index (χ0v) is 7.65. The molecule has 0 atom stereocenters. The second-order valence-electron chi connectivity index (χ2n) is 3.12. The van der Waals surface area contributed by atoms with Crippen LogP contribution in [0, 0.1) is 0 Å². The predicted octanol–water partition coefficient (Wildman–Crippen LogP) is 0.528. The molecule has 0 aliphatic heterocycles. The van der Waals surface area contributed by atoms with Crippen LogP contribution in [-0.2, 0) is 0 Å². The van der Waals surface area contributed by atoms with Crippen LogP contribution in [0.2, 0.25) is 0 Å². The van der Waals surface area contributed by atoms with E-state index in [2.05, 4.69) is 0 Å². The van der Waals surface area contributed by atoms with Crippen LogP contribution in [-0.4, -0.2) is 10.5 Å². The maximum Gasteiger partial charge on any atom is 0.251 e. The van der Waals surface area contributed by atoms with Gasteiger partial charge < -0.3 is 10.3 Å². The summed E-state index contributed by atoms with van der Waals surface area (Å²) >= 11 is 0. The highest BCUT2D eigenvalue weighted by atomic mass is 16.1. The number of carbonyl (C=O) groups excluding carboxylic acids is 1. The van der Waals surface area contributed by atoms with Crippen molar-refractivity contribution in [2.75, 3.05) is 0 Å². The number of nitrogens with two attached hydrogens (primary N) is 1. The van der Waals surface area contributed by atoms with Gasteiger partial charge >= 0.3 is 0 Å². The van der Waals surface area contributed by atoms with Crippen LogP contribution in [0.3, 0.4) is 0 Å². The van der Waals surface area contributed by atoms with Gasteiger partial charge in [0.1, 0.15) is 0 Å². The molecule has 2 N–H and O–H groups in total. The molecule has 1 aromatic rings. The van der Waals surface area contributed by atoms with Gasteiger partial charge in [-0.3, -0.25) is 9.59 Å². The minimum absolute atomic E-state index is 0.0921. The molecule has 1 heterocycles. The molecule has 0 saturated carbocycles. The molecule has 1 aromatic heterocycles. The number of amides is 1. The normalized spacial score (nSPS) is 10.4. The average molecular weight is 180 g/mol. The first-order chi connectivity index (χ1) is 6.02. The summed E-state index contributed by atoms with van der Waals surface area (Å²) in [4.78, 5) is 22.0. The molecule has 0 aromatic carbocycles. The highest BCUT2D eigenvalue weighted by molar-refractivity contribution is 5.92. The fourth-order valence-corrected chi connectivity index (χ4v) is 1.07. The zero-order chi connectivity index (χ0) is 10.0. The largest absolute Gasteiger partial charge is 0.366 e. The summed E-state index contributed by atoms with van der Waals surface area (Å²) < 4.78 is 1.53. The van der Waals surface area contributed by atoms with Crippen LogP contribution in [0.25, 0.3) is 0 Å². The summed E-state index contributed by atoms with van der Waals surface area (Å²) in [6.45, 7) is 3.79. The molecule has 0 unspecified atom stereocenters. The van der Waals surface area contributed by atoms with Crippen molar-refractivity contribution in [1.29, 1.82) is 0 Å². The van der Waals surface area contributed by atoms with E-state index in [9.17, 15) is 9.59 Å². The van der Waals surface area contributed by atoms with Crippen molar-refractivity contribution in [3.63, 3.8) is 0 Å². The van der Waals surface area contributed by atoms with Crippen molar-refractivity contribution in [3.05, 3.63) is 34.2 Å². The molecule has 1 amide bonds. The quantitative estimate of drug-likeness (QED) is 0.721. The van der Waals surface area contributed by atoms with Crippen LogP contribution >= 0.6 is 0 Å². The first-order valence-electron chi connectivity index (χ1n) is 4.04. The van der Waals surface area contributed by atoms with E-state index in [-0.39, 0.29) is 17.2 Å². The fraction of sp³-hybridized carbons (Fsp3) is 0.333. The van der Waals surface area contributed by atoms with Crippen molar-refractivity contribution in [2.24, 2.45) is 5.73 Å². The lowest BCUT2D eigenvalue weighted by atomic mass is 10.2. The summed E-state index contributed by atoms with van der Waals surface area (Å²) in [6.07, 6.45) is 1.58. The smallest absolute Gasteiger partial charge is 0.251 e. The van der Waals surface area contributed by atoms with E-state index < -0.39 is 5.91 Å². The van der Waals surface area contributed by atoms with Gasteiger partial charge in [-0.25, -0.2) is 0 Å². The van der Waals surface area contributed by atoms with E-state index in [1.807, 2.05) is 13.8 Å². The Bertz CT molecular complexity index is 379. The summed E-state index contributed by atoms with van der Waals surface area (Å²) in [5, 5.41) is 0. The number of hydrogen-bond donors (Lipinski definition) is 1. The third-order valence-corrected chi connectivity index (χ3v) is 1.79. The van der Waals surface area contributed by atoms with E-state index in [0.717, 1.165) is 0 Å². The standard InChI is InChI=1S/C9H12N2O2/c1-6(2)11-4-3-7(9(10)13)5-8(11)12/h3-6H,1-2H3,(H2,10,13). The molecule has 4 nitrogen and oxygen atoms in total. The third-order valence-electron chi connectivity index (χ3n) is 1.79. The Morgan fingerprint density at radius 3 is 2.54 bits per heavy atom. The van der Waals surface area contributed by atoms with Crippen LogP contribution in [0.15, 0.2) is 23.1 Å². The molecule has 13 heavy (non-hydrogen) atoms. The van der Waals surface area contributed by atoms with Gasteiger partial charge in [0.05, 0.1) is 0 Å². The highest BCUT2D eigenvalue weighted by Crippen LogP contribution is 2.00. The van der Waals surface area contributed by atoms with E-state index in [4.69, 9.17) is 5.73 Å². The van der Waals surface area contributed by atoms with E-state index >= 15 is 0 Å².